The van der Waals surface area contributed by atoms with Crippen molar-refractivity contribution in [3.8, 4) is 11.6 Å². The lowest BCUT2D eigenvalue weighted by Gasteiger charge is -2.28. The Kier molecular flexibility index (Phi) is 9.86. The van der Waals surface area contributed by atoms with Gasteiger partial charge in [-0.15, -0.1) is 0 Å². The van der Waals surface area contributed by atoms with Crippen LogP contribution in [-0.4, -0.2) is 79.9 Å². The number of carbonyl (C=O) groups excluding carboxylic acids is 1. The summed E-state index contributed by atoms with van der Waals surface area (Å²) in [6.45, 7) is 8.17. The molecule has 3 heterocycles. The molecule has 1 unspecified atom stereocenters. The molecule has 47 heavy (non-hydrogen) atoms. The zero-order chi connectivity index (χ0) is 34.3. The van der Waals surface area contributed by atoms with Gasteiger partial charge in [0.25, 0.3) is 0 Å². The van der Waals surface area contributed by atoms with E-state index in [-0.39, 0.29) is 45.5 Å². The second kappa shape index (κ2) is 13.3. The number of hydrogen-bond donors (Lipinski definition) is 4. The molecule has 5 N–H and O–H groups in total. The van der Waals surface area contributed by atoms with E-state index >= 15 is 0 Å². The average molecular weight is 738 g/mol. The smallest absolute Gasteiger partial charge is 0.459 e. The molecule has 1 saturated heterocycles. The van der Waals surface area contributed by atoms with Gasteiger partial charge < -0.3 is 34.7 Å². The normalized spacial score (nSPS) is 23.5. The molecule has 2 aromatic heterocycles. The number of hydrogen-bond acceptors (Lipinski definition) is 13. The Morgan fingerprint density at radius 1 is 1.21 bits per heavy atom. The number of ether oxygens (including phenoxy) is 3. The first kappa shape index (κ1) is 35.0. The van der Waals surface area contributed by atoms with E-state index in [1.807, 2.05) is 39.0 Å². The van der Waals surface area contributed by atoms with Crippen molar-refractivity contribution in [1.82, 2.24) is 24.6 Å². The van der Waals surface area contributed by atoms with Crippen LogP contribution in [-0.2, 0) is 23.4 Å². The third kappa shape index (κ3) is 7.38. The molecule has 17 heteroatoms. The van der Waals surface area contributed by atoms with Gasteiger partial charge in [0.2, 0.25) is 11.8 Å². The van der Waals surface area contributed by atoms with E-state index in [0.29, 0.717) is 5.39 Å². The molecule has 4 aromatic rings. The van der Waals surface area contributed by atoms with Crippen molar-refractivity contribution in [2.75, 3.05) is 26.1 Å². The van der Waals surface area contributed by atoms with Crippen molar-refractivity contribution < 1.29 is 42.8 Å². The quantitative estimate of drug-likeness (QED) is 0.0973. The van der Waals surface area contributed by atoms with Crippen molar-refractivity contribution in [2.45, 2.75) is 64.7 Å². The monoisotopic (exact) mass is 736 g/mol. The summed E-state index contributed by atoms with van der Waals surface area (Å²) >= 11 is 3.36. The standard InChI is InChI=1S/C30H38BrN6O9P/c1-16(25(39)43-15-29(2,3)4)36-47(41,46-19-13-9-11-17-10-7-8-12-18(17)19)44-14-20-22(38)30(5,40)26(45-20)37-23-21(33-27(37)31)24(42-6)35-28(32)34-23/h7-13,16,20,22,26,38,40H,14-15H2,1-6H3,(H,36,41)(H2,32,34,35)/t16-,20+,22+,26+,30+,47?/m0/s1. The number of nitrogens with one attached hydrogen (secondary N) is 1. The van der Waals surface area contributed by atoms with Crippen LogP contribution in [0.2, 0.25) is 0 Å². The Balaban J connectivity index is 1.42. The topological polar surface area (TPSA) is 202 Å². The second-order valence-electron chi connectivity index (χ2n) is 12.6. The third-order valence-corrected chi connectivity index (χ3v) is 9.58. The number of benzene rings is 2. The van der Waals surface area contributed by atoms with Crippen LogP contribution in [0.5, 0.6) is 11.6 Å². The number of aromatic nitrogens is 4. The number of nitrogen functional groups attached to an aromatic ring is 1. The van der Waals surface area contributed by atoms with Crippen LogP contribution in [0.1, 0.15) is 40.8 Å². The number of nitrogens with two attached hydrogens (primary N) is 1. The Morgan fingerprint density at radius 2 is 1.91 bits per heavy atom. The molecule has 0 amide bonds. The van der Waals surface area contributed by atoms with Crippen LogP contribution in [0.25, 0.3) is 21.9 Å². The van der Waals surface area contributed by atoms with E-state index in [9.17, 15) is 19.6 Å². The molecule has 254 valence electrons. The first-order valence-corrected chi connectivity index (χ1v) is 17.0. The second-order valence-corrected chi connectivity index (χ2v) is 15.0. The van der Waals surface area contributed by atoms with Crippen molar-refractivity contribution in [3.05, 3.63) is 47.2 Å². The Bertz CT molecular complexity index is 1830. The van der Waals surface area contributed by atoms with E-state index in [1.54, 1.807) is 24.3 Å². The number of imidazole rings is 1. The van der Waals surface area contributed by atoms with Gasteiger partial charge in [-0.25, -0.2) is 9.55 Å². The maximum absolute atomic E-state index is 14.4. The molecule has 0 bridgehead atoms. The summed E-state index contributed by atoms with van der Waals surface area (Å²) < 4.78 is 44.6. The summed E-state index contributed by atoms with van der Waals surface area (Å²) in [5, 5.41) is 26.9. The lowest BCUT2D eigenvalue weighted by Crippen LogP contribution is -2.44. The summed E-state index contributed by atoms with van der Waals surface area (Å²) in [6, 6.07) is 11.4. The molecule has 0 spiro atoms. The van der Waals surface area contributed by atoms with E-state index < -0.39 is 50.4 Å². The molecule has 1 aliphatic rings. The molecule has 1 aliphatic heterocycles. The zero-order valence-corrected chi connectivity index (χ0v) is 29.2. The van der Waals surface area contributed by atoms with E-state index in [4.69, 9.17) is 29.0 Å². The highest BCUT2D eigenvalue weighted by Gasteiger charge is 2.55. The Labute approximate surface area is 279 Å². The number of methoxy groups -OCH3 is 1. The highest BCUT2D eigenvalue weighted by Crippen LogP contribution is 2.49. The van der Waals surface area contributed by atoms with Gasteiger partial charge in [0.15, 0.2) is 22.1 Å². The molecule has 15 nitrogen and oxygen atoms in total. The minimum Gasteiger partial charge on any atom is -0.479 e. The van der Waals surface area contributed by atoms with Crippen molar-refractivity contribution in [1.29, 1.82) is 0 Å². The number of aliphatic hydroxyl groups excluding tert-OH is 1. The van der Waals surface area contributed by atoms with Crippen LogP contribution in [0.4, 0.5) is 5.95 Å². The van der Waals surface area contributed by atoms with E-state index in [1.165, 1.54) is 25.5 Å². The number of fused-ring (bicyclic) bond motifs is 2. The fourth-order valence-corrected chi connectivity index (χ4v) is 7.06. The van der Waals surface area contributed by atoms with Crippen molar-refractivity contribution in [3.63, 3.8) is 0 Å². The number of nitrogens with zero attached hydrogens (tertiary/aromatic N) is 4. The fraction of sp³-hybridized carbons (Fsp3) is 0.467. The highest BCUT2D eigenvalue weighted by molar-refractivity contribution is 9.10. The molecule has 1 fully saturated rings. The van der Waals surface area contributed by atoms with E-state index in [2.05, 4.69) is 36.0 Å². The van der Waals surface area contributed by atoms with Gasteiger partial charge in [0, 0.05) is 5.39 Å². The van der Waals surface area contributed by atoms with Crippen molar-refractivity contribution in [2.24, 2.45) is 5.41 Å². The van der Waals surface area contributed by atoms with Crippen LogP contribution in [0.3, 0.4) is 0 Å². The predicted molar refractivity (Wildman–Crippen MR) is 176 cm³/mol. The summed E-state index contributed by atoms with van der Waals surface area (Å²) in [5.41, 5.74) is 4.04. The van der Waals surface area contributed by atoms with Gasteiger partial charge in [-0.2, -0.15) is 15.1 Å². The zero-order valence-electron chi connectivity index (χ0n) is 26.7. The molecular formula is C30H38BrN6O9P. The van der Waals surface area contributed by atoms with Gasteiger partial charge in [0.05, 0.1) is 20.3 Å². The van der Waals surface area contributed by atoms with Gasteiger partial charge >= 0.3 is 13.7 Å². The van der Waals surface area contributed by atoms with Gasteiger partial charge in [-0.3, -0.25) is 13.9 Å². The Morgan fingerprint density at radius 3 is 2.62 bits per heavy atom. The average Bonchev–Trinajstić information content (AvgIpc) is 3.44. The number of halogens is 1. The van der Waals surface area contributed by atoms with E-state index in [0.717, 1.165) is 5.39 Å². The first-order valence-electron chi connectivity index (χ1n) is 14.7. The van der Waals surface area contributed by atoms with Crippen LogP contribution >= 0.6 is 23.7 Å². The van der Waals surface area contributed by atoms with Crippen LogP contribution in [0, 0.1) is 5.41 Å². The fourth-order valence-electron chi connectivity index (χ4n) is 5.01. The summed E-state index contributed by atoms with van der Waals surface area (Å²) in [6.07, 6.45) is -4.07. The number of rotatable bonds is 11. The first-order chi connectivity index (χ1) is 22.0. The molecule has 6 atom stereocenters. The highest BCUT2D eigenvalue weighted by atomic mass is 79.9. The van der Waals surface area contributed by atoms with Gasteiger partial charge in [-0.1, -0.05) is 57.2 Å². The maximum atomic E-state index is 14.4. The third-order valence-electron chi connectivity index (χ3n) is 7.39. The summed E-state index contributed by atoms with van der Waals surface area (Å²) in [5.74, 6) is -0.461. The predicted octanol–water partition coefficient (Wildman–Crippen LogP) is 4.11. The number of carbonyl (C=O) groups is 1. The number of aliphatic hydroxyl groups is 2. The molecule has 0 radical (unpaired) electrons. The molecule has 5 rings (SSSR count). The number of anilines is 1. The Hall–Kier alpha value is -3.37. The lowest BCUT2D eigenvalue weighted by molar-refractivity contribution is -0.148. The largest absolute Gasteiger partial charge is 0.479 e. The van der Waals surface area contributed by atoms with Crippen LogP contribution < -0.4 is 20.1 Å². The minimum atomic E-state index is -4.39. The van der Waals surface area contributed by atoms with Gasteiger partial charge in [-0.05, 0) is 46.6 Å². The lowest BCUT2D eigenvalue weighted by atomic mass is 9.96. The SMILES string of the molecule is COc1nc(N)nc2c1nc(Br)n2[C@@H]1O[C@H](COP(=O)(N[C@@H](C)C(=O)OCC(C)(C)C)Oc2cccc3ccccc23)[C@@H](O)[C@@]1(C)O. The van der Waals surface area contributed by atoms with Gasteiger partial charge in [0.1, 0.15) is 29.6 Å². The summed E-state index contributed by atoms with van der Waals surface area (Å²) in [4.78, 5) is 25.5. The number of esters is 1. The molecule has 0 aliphatic carbocycles. The molecule has 0 saturated carbocycles. The maximum Gasteiger partial charge on any atom is 0.459 e. The van der Waals surface area contributed by atoms with Crippen LogP contribution in [0.15, 0.2) is 47.2 Å². The minimum absolute atomic E-state index is 0.0952. The van der Waals surface area contributed by atoms with Crippen molar-refractivity contribution >= 4 is 57.5 Å². The summed E-state index contributed by atoms with van der Waals surface area (Å²) in [7, 11) is -3.00. The molecular weight excluding hydrogens is 699 g/mol. The molecule has 2 aromatic carbocycles.